The minimum atomic E-state index is -1.50. The van der Waals surface area contributed by atoms with E-state index in [1.54, 1.807) is 6.07 Å². The van der Waals surface area contributed by atoms with Crippen molar-refractivity contribution >= 4 is 40.2 Å². The van der Waals surface area contributed by atoms with Crippen molar-refractivity contribution in [2.75, 3.05) is 11.9 Å². The van der Waals surface area contributed by atoms with E-state index < -0.39 is 23.4 Å². The standard InChI is InChI=1S/C16H12F3IN2O/c1-8-4-10(20)2-3-13(8)22-16-11(9-6-21-23-7-9)5-12(17)14(18)15(16)19/h2-6,9,22H,7H2,1H3. The summed E-state index contributed by atoms with van der Waals surface area (Å²) in [5.74, 6) is -4.43. The average molecular weight is 432 g/mol. The summed E-state index contributed by atoms with van der Waals surface area (Å²) >= 11 is 2.16. The summed E-state index contributed by atoms with van der Waals surface area (Å²) in [4.78, 5) is 4.87. The van der Waals surface area contributed by atoms with Gasteiger partial charge in [0.1, 0.15) is 6.61 Å². The van der Waals surface area contributed by atoms with E-state index >= 15 is 0 Å². The molecule has 0 amide bonds. The molecule has 0 bridgehead atoms. The van der Waals surface area contributed by atoms with Gasteiger partial charge in [-0.25, -0.2) is 13.2 Å². The minimum Gasteiger partial charge on any atom is -0.395 e. The Morgan fingerprint density at radius 3 is 2.65 bits per heavy atom. The van der Waals surface area contributed by atoms with Gasteiger partial charge < -0.3 is 10.2 Å². The smallest absolute Gasteiger partial charge is 0.196 e. The van der Waals surface area contributed by atoms with Gasteiger partial charge in [-0.1, -0.05) is 5.16 Å². The molecule has 1 unspecified atom stereocenters. The summed E-state index contributed by atoms with van der Waals surface area (Å²) in [7, 11) is 0. The van der Waals surface area contributed by atoms with Crippen LogP contribution in [-0.4, -0.2) is 12.8 Å². The molecule has 7 heteroatoms. The van der Waals surface area contributed by atoms with E-state index in [0.29, 0.717) is 5.69 Å². The van der Waals surface area contributed by atoms with Gasteiger partial charge in [-0.05, 0) is 64.9 Å². The summed E-state index contributed by atoms with van der Waals surface area (Å²) in [6.45, 7) is 2.01. The second-order valence-electron chi connectivity index (χ2n) is 5.19. The third kappa shape index (κ3) is 3.15. The Hall–Kier alpha value is -1.77. The fraction of sp³-hybridized carbons (Fsp3) is 0.188. The topological polar surface area (TPSA) is 33.6 Å². The molecule has 120 valence electrons. The third-order valence-electron chi connectivity index (χ3n) is 3.61. The van der Waals surface area contributed by atoms with Gasteiger partial charge in [0.25, 0.3) is 0 Å². The maximum absolute atomic E-state index is 14.3. The number of hydrogen-bond donors (Lipinski definition) is 1. The average Bonchev–Trinajstić information content (AvgIpc) is 3.04. The molecule has 23 heavy (non-hydrogen) atoms. The Balaban J connectivity index is 2.09. The number of hydrogen-bond acceptors (Lipinski definition) is 3. The summed E-state index contributed by atoms with van der Waals surface area (Å²) in [6.07, 6.45) is 1.44. The number of aryl methyl sites for hydroxylation is 1. The van der Waals surface area contributed by atoms with E-state index in [2.05, 4.69) is 33.1 Å². The molecule has 0 saturated heterocycles. The molecule has 0 aliphatic carbocycles. The van der Waals surface area contributed by atoms with Crippen molar-refractivity contribution in [2.24, 2.45) is 5.16 Å². The molecule has 1 aliphatic rings. The van der Waals surface area contributed by atoms with Crippen LogP contribution in [0.2, 0.25) is 0 Å². The molecule has 0 radical (unpaired) electrons. The highest BCUT2D eigenvalue weighted by Crippen LogP contribution is 2.34. The van der Waals surface area contributed by atoms with E-state index in [0.717, 1.165) is 15.2 Å². The van der Waals surface area contributed by atoms with Crippen LogP contribution in [0.3, 0.4) is 0 Å². The maximum atomic E-state index is 14.3. The molecule has 3 rings (SSSR count). The zero-order valence-corrected chi connectivity index (χ0v) is 14.2. The van der Waals surface area contributed by atoms with Crippen LogP contribution in [0.15, 0.2) is 29.4 Å². The molecule has 0 saturated carbocycles. The molecule has 2 aromatic rings. The fourth-order valence-corrected chi connectivity index (χ4v) is 3.03. The lowest BCUT2D eigenvalue weighted by Crippen LogP contribution is -2.10. The van der Waals surface area contributed by atoms with Crippen LogP contribution in [0.5, 0.6) is 0 Å². The molecule has 1 atom stereocenters. The highest BCUT2D eigenvalue weighted by atomic mass is 127. The van der Waals surface area contributed by atoms with Crippen LogP contribution >= 0.6 is 22.6 Å². The Morgan fingerprint density at radius 2 is 2.00 bits per heavy atom. The van der Waals surface area contributed by atoms with Crippen LogP contribution in [0, 0.1) is 27.9 Å². The summed E-state index contributed by atoms with van der Waals surface area (Å²) in [5, 5.41) is 6.49. The Morgan fingerprint density at radius 1 is 1.22 bits per heavy atom. The van der Waals surface area contributed by atoms with Crippen molar-refractivity contribution in [3.63, 3.8) is 0 Å². The van der Waals surface area contributed by atoms with E-state index in [4.69, 9.17) is 4.84 Å². The maximum Gasteiger partial charge on any atom is 0.196 e. The molecule has 2 aromatic carbocycles. The molecule has 1 heterocycles. The number of nitrogens with one attached hydrogen (secondary N) is 1. The van der Waals surface area contributed by atoms with Gasteiger partial charge in [-0.15, -0.1) is 0 Å². The van der Waals surface area contributed by atoms with Crippen LogP contribution in [0.1, 0.15) is 17.0 Å². The van der Waals surface area contributed by atoms with Crippen molar-refractivity contribution in [3.8, 4) is 0 Å². The Kier molecular flexibility index (Phi) is 4.47. The SMILES string of the molecule is Cc1cc(I)ccc1Nc1c(C2C=NOC2)cc(F)c(F)c1F. The second kappa shape index (κ2) is 6.38. The van der Waals surface area contributed by atoms with Crippen molar-refractivity contribution in [1.29, 1.82) is 0 Å². The van der Waals surface area contributed by atoms with Crippen molar-refractivity contribution in [1.82, 2.24) is 0 Å². The number of rotatable bonds is 3. The predicted octanol–water partition coefficient (Wildman–Crippen LogP) is 4.86. The summed E-state index contributed by atoms with van der Waals surface area (Å²) in [5.41, 5.74) is 1.64. The van der Waals surface area contributed by atoms with E-state index in [1.165, 1.54) is 6.21 Å². The van der Waals surface area contributed by atoms with Gasteiger partial charge in [-0.2, -0.15) is 0 Å². The van der Waals surface area contributed by atoms with Crippen molar-refractivity contribution in [2.45, 2.75) is 12.8 Å². The highest BCUT2D eigenvalue weighted by molar-refractivity contribution is 14.1. The van der Waals surface area contributed by atoms with Crippen LogP contribution in [-0.2, 0) is 4.84 Å². The molecule has 1 aliphatic heterocycles. The molecule has 0 spiro atoms. The molecule has 0 aromatic heterocycles. The van der Waals surface area contributed by atoms with Crippen LogP contribution in [0.4, 0.5) is 24.5 Å². The largest absolute Gasteiger partial charge is 0.395 e. The summed E-state index contributed by atoms with van der Waals surface area (Å²) in [6, 6.07) is 6.49. The summed E-state index contributed by atoms with van der Waals surface area (Å²) < 4.78 is 42.6. The Bertz CT molecular complexity index is 795. The van der Waals surface area contributed by atoms with Gasteiger partial charge in [0.15, 0.2) is 17.5 Å². The molecule has 1 N–H and O–H groups in total. The molecule has 3 nitrogen and oxygen atoms in total. The number of oxime groups is 1. The lowest BCUT2D eigenvalue weighted by Gasteiger charge is -2.17. The van der Waals surface area contributed by atoms with E-state index in [1.807, 2.05) is 19.1 Å². The normalized spacial score (nSPS) is 16.5. The second-order valence-corrected chi connectivity index (χ2v) is 6.44. The minimum absolute atomic E-state index is 0.102. The predicted molar refractivity (Wildman–Crippen MR) is 90.7 cm³/mol. The quantitative estimate of drug-likeness (QED) is 0.556. The first kappa shape index (κ1) is 16.1. The van der Waals surface area contributed by atoms with Crippen molar-refractivity contribution in [3.05, 3.63) is 56.4 Å². The molecular formula is C16H12F3IN2O. The van der Waals surface area contributed by atoms with Crippen molar-refractivity contribution < 1.29 is 18.0 Å². The number of anilines is 2. The fourth-order valence-electron chi connectivity index (χ4n) is 2.39. The van der Waals surface area contributed by atoms with Gasteiger partial charge in [0, 0.05) is 9.26 Å². The first-order chi connectivity index (χ1) is 11.0. The Labute approximate surface area is 144 Å². The monoisotopic (exact) mass is 432 g/mol. The molecular weight excluding hydrogens is 420 g/mol. The zero-order valence-electron chi connectivity index (χ0n) is 12.0. The first-order valence-electron chi connectivity index (χ1n) is 6.83. The van der Waals surface area contributed by atoms with Crippen LogP contribution < -0.4 is 5.32 Å². The zero-order chi connectivity index (χ0) is 16.6. The van der Waals surface area contributed by atoms with Gasteiger partial charge in [0.2, 0.25) is 0 Å². The lowest BCUT2D eigenvalue weighted by molar-refractivity contribution is 0.166. The lowest BCUT2D eigenvalue weighted by atomic mass is 9.98. The number of halogens is 4. The highest BCUT2D eigenvalue weighted by Gasteiger charge is 2.26. The first-order valence-corrected chi connectivity index (χ1v) is 7.91. The molecule has 0 fully saturated rings. The number of nitrogens with zero attached hydrogens (tertiary/aromatic N) is 1. The van der Waals surface area contributed by atoms with Gasteiger partial charge >= 0.3 is 0 Å². The van der Waals surface area contributed by atoms with Crippen LogP contribution in [0.25, 0.3) is 0 Å². The number of benzene rings is 2. The van der Waals surface area contributed by atoms with E-state index in [9.17, 15) is 13.2 Å². The van der Waals surface area contributed by atoms with Gasteiger partial charge in [-0.3, -0.25) is 0 Å². The third-order valence-corrected chi connectivity index (χ3v) is 4.28. The van der Waals surface area contributed by atoms with E-state index in [-0.39, 0.29) is 17.9 Å². The van der Waals surface area contributed by atoms with Gasteiger partial charge in [0.05, 0.1) is 17.8 Å².